The first-order valence-corrected chi connectivity index (χ1v) is 5.76. The monoisotopic (exact) mass is 331 g/mol. The highest BCUT2D eigenvalue weighted by molar-refractivity contribution is 9.13. The van der Waals surface area contributed by atoms with Gasteiger partial charge in [0.2, 0.25) is 4.67 Å². The van der Waals surface area contributed by atoms with Crippen LogP contribution in [0.4, 0.5) is 0 Å². The molecule has 0 N–H and O–H groups in total. The van der Waals surface area contributed by atoms with Crippen molar-refractivity contribution < 1.29 is 9.26 Å². The Hall–Kier alpha value is -0.810. The second-order valence-corrected chi connectivity index (χ2v) is 4.36. The van der Waals surface area contributed by atoms with E-state index in [2.05, 4.69) is 37.0 Å². The lowest BCUT2D eigenvalue weighted by atomic mass is 10.1. The molecule has 0 bridgehead atoms. The SMILES string of the molecule is COc1cccc(-c2noc(Br)c2Br)c1. The Morgan fingerprint density at radius 1 is 1.33 bits per heavy atom. The number of hydrogen-bond acceptors (Lipinski definition) is 3. The smallest absolute Gasteiger partial charge is 0.216 e. The van der Waals surface area contributed by atoms with Gasteiger partial charge in [-0.3, -0.25) is 0 Å². The minimum absolute atomic E-state index is 0.584. The molecule has 0 radical (unpaired) electrons. The third-order valence-corrected chi connectivity index (χ3v) is 3.75. The fraction of sp³-hybridized carbons (Fsp3) is 0.100. The lowest BCUT2D eigenvalue weighted by Crippen LogP contribution is -1.84. The van der Waals surface area contributed by atoms with Crippen molar-refractivity contribution in [3.05, 3.63) is 33.4 Å². The maximum atomic E-state index is 5.14. The van der Waals surface area contributed by atoms with Crippen molar-refractivity contribution in [1.29, 1.82) is 0 Å². The van der Waals surface area contributed by atoms with Gasteiger partial charge >= 0.3 is 0 Å². The van der Waals surface area contributed by atoms with Crippen molar-refractivity contribution in [2.24, 2.45) is 0 Å². The van der Waals surface area contributed by atoms with Crippen LogP contribution in [0.5, 0.6) is 5.75 Å². The van der Waals surface area contributed by atoms with Gasteiger partial charge in [-0.1, -0.05) is 17.3 Å². The molecule has 5 heteroatoms. The van der Waals surface area contributed by atoms with E-state index in [0.717, 1.165) is 21.5 Å². The van der Waals surface area contributed by atoms with Crippen LogP contribution in [0.1, 0.15) is 0 Å². The molecular formula is C10H7Br2NO2. The van der Waals surface area contributed by atoms with E-state index in [4.69, 9.17) is 9.26 Å². The molecular weight excluding hydrogens is 326 g/mol. The zero-order valence-electron chi connectivity index (χ0n) is 7.83. The first-order chi connectivity index (χ1) is 7.22. The highest BCUT2D eigenvalue weighted by Gasteiger charge is 2.13. The third-order valence-electron chi connectivity index (χ3n) is 1.94. The van der Waals surface area contributed by atoms with Gasteiger partial charge in [-0.25, -0.2) is 0 Å². The fourth-order valence-corrected chi connectivity index (χ4v) is 1.84. The molecule has 0 fully saturated rings. The van der Waals surface area contributed by atoms with Gasteiger partial charge in [0, 0.05) is 5.56 Å². The number of nitrogens with zero attached hydrogens (tertiary/aromatic N) is 1. The molecule has 78 valence electrons. The predicted octanol–water partition coefficient (Wildman–Crippen LogP) is 3.88. The summed E-state index contributed by atoms with van der Waals surface area (Å²) in [5, 5.41) is 3.94. The summed E-state index contributed by atoms with van der Waals surface area (Å²) in [4.78, 5) is 0. The molecule has 0 saturated carbocycles. The highest BCUT2D eigenvalue weighted by Crippen LogP contribution is 2.34. The Kier molecular flexibility index (Phi) is 3.11. The van der Waals surface area contributed by atoms with Gasteiger partial charge in [0.05, 0.1) is 11.6 Å². The molecule has 3 nitrogen and oxygen atoms in total. The summed E-state index contributed by atoms with van der Waals surface area (Å²) >= 11 is 6.63. The Morgan fingerprint density at radius 2 is 2.13 bits per heavy atom. The van der Waals surface area contributed by atoms with Crippen molar-refractivity contribution in [1.82, 2.24) is 5.16 Å². The van der Waals surface area contributed by atoms with Crippen LogP contribution < -0.4 is 4.74 Å². The van der Waals surface area contributed by atoms with Crippen molar-refractivity contribution in [2.45, 2.75) is 0 Å². The molecule has 1 heterocycles. The van der Waals surface area contributed by atoms with E-state index in [1.165, 1.54) is 0 Å². The Morgan fingerprint density at radius 3 is 2.73 bits per heavy atom. The van der Waals surface area contributed by atoms with Crippen molar-refractivity contribution in [3.8, 4) is 17.0 Å². The molecule has 0 unspecified atom stereocenters. The summed E-state index contributed by atoms with van der Waals surface area (Å²) in [5.74, 6) is 0.790. The summed E-state index contributed by atoms with van der Waals surface area (Å²) in [6, 6.07) is 7.63. The van der Waals surface area contributed by atoms with Crippen LogP contribution >= 0.6 is 31.9 Å². The topological polar surface area (TPSA) is 35.3 Å². The van der Waals surface area contributed by atoms with E-state index in [1.807, 2.05) is 24.3 Å². The van der Waals surface area contributed by atoms with Crippen LogP contribution in [0.2, 0.25) is 0 Å². The lowest BCUT2D eigenvalue weighted by molar-refractivity contribution is 0.401. The zero-order chi connectivity index (χ0) is 10.8. The van der Waals surface area contributed by atoms with Gasteiger partial charge in [0.25, 0.3) is 0 Å². The van der Waals surface area contributed by atoms with Crippen LogP contribution in [0, 0.1) is 0 Å². The lowest BCUT2D eigenvalue weighted by Gasteiger charge is -2.01. The van der Waals surface area contributed by atoms with E-state index in [0.29, 0.717) is 4.67 Å². The third kappa shape index (κ3) is 2.08. The summed E-state index contributed by atoms with van der Waals surface area (Å²) in [6.07, 6.45) is 0. The molecule has 0 aliphatic rings. The summed E-state index contributed by atoms with van der Waals surface area (Å²) in [5.41, 5.74) is 1.69. The molecule has 0 saturated heterocycles. The molecule has 0 aliphatic heterocycles. The predicted molar refractivity (Wildman–Crippen MR) is 63.9 cm³/mol. The molecule has 1 aromatic heterocycles. The Bertz CT molecular complexity index is 482. The number of halogens is 2. The van der Waals surface area contributed by atoms with Gasteiger partial charge in [0.15, 0.2) is 0 Å². The van der Waals surface area contributed by atoms with Crippen LogP contribution in [0.15, 0.2) is 37.9 Å². The van der Waals surface area contributed by atoms with Crippen molar-refractivity contribution in [2.75, 3.05) is 7.11 Å². The number of benzene rings is 1. The Balaban J connectivity index is 2.49. The molecule has 1 aromatic carbocycles. The van der Waals surface area contributed by atoms with E-state index in [9.17, 15) is 0 Å². The normalized spacial score (nSPS) is 10.3. The molecule has 0 spiro atoms. The van der Waals surface area contributed by atoms with Crippen LogP contribution in [-0.4, -0.2) is 12.3 Å². The van der Waals surface area contributed by atoms with Crippen molar-refractivity contribution >= 4 is 31.9 Å². The quantitative estimate of drug-likeness (QED) is 0.837. The Labute approximate surface area is 104 Å². The van der Waals surface area contributed by atoms with E-state index in [-0.39, 0.29) is 0 Å². The molecule has 15 heavy (non-hydrogen) atoms. The average molecular weight is 333 g/mol. The average Bonchev–Trinajstić information content (AvgIpc) is 2.60. The minimum atomic E-state index is 0.584. The van der Waals surface area contributed by atoms with Crippen LogP contribution in [0.3, 0.4) is 0 Å². The molecule has 0 amide bonds. The van der Waals surface area contributed by atoms with Gasteiger partial charge in [0.1, 0.15) is 11.4 Å². The second-order valence-electron chi connectivity index (χ2n) is 2.85. The maximum Gasteiger partial charge on any atom is 0.216 e. The van der Waals surface area contributed by atoms with Gasteiger partial charge in [-0.2, -0.15) is 0 Å². The molecule has 0 aliphatic carbocycles. The van der Waals surface area contributed by atoms with Crippen LogP contribution in [0.25, 0.3) is 11.3 Å². The summed E-state index contributed by atoms with van der Waals surface area (Å²) in [6.45, 7) is 0. The maximum absolute atomic E-state index is 5.14. The fourth-order valence-electron chi connectivity index (χ4n) is 1.21. The molecule has 2 aromatic rings. The van der Waals surface area contributed by atoms with E-state index in [1.54, 1.807) is 7.11 Å². The van der Waals surface area contributed by atoms with Gasteiger partial charge in [-0.05, 0) is 44.0 Å². The standard InChI is InChI=1S/C10H7Br2NO2/c1-14-7-4-2-3-6(5-7)9-8(11)10(12)15-13-9/h2-5H,1H3. The second kappa shape index (κ2) is 4.37. The first kappa shape index (κ1) is 10.7. The first-order valence-electron chi connectivity index (χ1n) is 4.17. The largest absolute Gasteiger partial charge is 0.497 e. The summed E-state index contributed by atoms with van der Waals surface area (Å²) in [7, 11) is 1.63. The van der Waals surface area contributed by atoms with Crippen molar-refractivity contribution in [3.63, 3.8) is 0 Å². The number of aromatic nitrogens is 1. The number of rotatable bonds is 2. The summed E-state index contributed by atoms with van der Waals surface area (Å²) < 4.78 is 11.5. The number of ether oxygens (including phenoxy) is 1. The highest BCUT2D eigenvalue weighted by atomic mass is 79.9. The zero-order valence-corrected chi connectivity index (χ0v) is 11.0. The van der Waals surface area contributed by atoms with Gasteiger partial charge < -0.3 is 9.26 Å². The van der Waals surface area contributed by atoms with Crippen LogP contribution in [-0.2, 0) is 0 Å². The van der Waals surface area contributed by atoms with Gasteiger partial charge in [-0.15, -0.1) is 0 Å². The van der Waals surface area contributed by atoms with E-state index < -0.39 is 0 Å². The minimum Gasteiger partial charge on any atom is -0.497 e. The van der Waals surface area contributed by atoms with E-state index >= 15 is 0 Å². The number of methoxy groups -OCH3 is 1. The molecule has 0 atom stereocenters. The molecule has 2 rings (SSSR count). The number of hydrogen-bond donors (Lipinski definition) is 0.